The van der Waals surface area contributed by atoms with E-state index in [9.17, 15) is 22.4 Å². The summed E-state index contributed by atoms with van der Waals surface area (Å²) in [6.45, 7) is 4.76. The first-order valence-corrected chi connectivity index (χ1v) is 13.1. The Labute approximate surface area is 206 Å². The number of hydrogen-bond donors (Lipinski definition) is 2. The van der Waals surface area contributed by atoms with Crippen molar-refractivity contribution in [2.45, 2.75) is 50.6 Å². The molecule has 0 aliphatic rings. The van der Waals surface area contributed by atoms with Crippen molar-refractivity contribution >= 4 is 21.8 Å². The van der Waals surface area contributed by atoms with Gasteiger partial charge >= 0.3 is 0 Å². The van der Waals surface area contributed by atoms with E-state index in [1.807, 2.05) is 0 Å². The Balaban J connectivity index is 2.09. The van der Waals surface area contributed by atoms with Crippen molar-refractivity contribution < 1.29 is 27.1 Å². The Morgan fingerprint density at radius 2 is 1.69 bits per heavy atom. The molecule has 1 atom stereocenters. The third kappa shape index (κ3) is 9.04. The molecule has 0 aromatic heterocycles. The quantitative estimate of drug-likeness (QED) is 0.383. The summed E-state index contributed by atoms with van der Waals surface area (Å²) >= 11 is 0. The van der Waals surface area contributed by atoms with E-state index in [-0.39, 0.29) is 35.5 Å². The van der Waals surface area contributed by atoms with Gasteiger partial charge in [-0.25, -0.2) is 17.5 Å². The number of benzene rings is 2. The molecule has 2 N–H and O–H groups in total. The molecule has 0 saturated carbocycles. The number of carbonyl (C=O) groups is 2. The largest absolute Gasteiger partial charge is 0.385 e. The van der Waals surface area contributed by atoms with E-state index in [4.69, 9.17) is 4.74 Å². The highest BCUT2D eigenvalue weighted by Crippen LogP contribution is 2.15. The number of halogens is 1. The van der Waals surface area contributed by atoms with E-state index in [1.54, 1.807) is 45.2 Å². The van der Waals surface area contributed by atoms with E-state index in [2.05, 4.69) is 10.0 Å². The van der Waals surface area contributed by atoms with Gasteiger partial charge in [0.25, 0.3) is 0 Å². The molecular formula is C25H34FN3O5S. The van der Waals surface area contributed by atoms with Crippen LogP contribution in [0.15, 0.2) is 53.4 Å². The maximum Gasteiger partial charge on any atom is 0.242 e. The van der Waals surface area contributed by atoms with Crippen LogP contribution in [0.4, 0.5) is 4.39 Å². The van der Waals surface area contributed by atoms with Crippen LogP contribution in [0.25, 0.3) is 0 Å². The van der Waals surface area contributed by atoms with Gasteiger partial charge in [0.15, 0.2) is 0 Å². The second-order valence-electron chi connectivity index (χ2n) is 8.11. The van der Waals surface area contributed by atoms with Gasteiger partial charge in [-0.3, -0.25) is 9.59 Å². The molecule has 0 bridgehead atoms. The summed E-state index contributed by atoms with van der Waals surface area (Å²) in [5.41, 5.74) is 1.50. The lowest BCUT2D eigenvalue weighted by molar-refractivity contribution is -0.140. The van der Waals surface area contributed by atoms with Crippen LogP contribution in [-0.4, -0.2) is 58.0 Å². The lowest BCUT2D eigenvalue weighted by atomic mass is 10.1. The Bertz CT molecular complexity index is 1060. The highest BCUT2D eigenvalue weighted by atomic mass is 32.2. The number of ether oxygens (including phenoxy) is 1. The van der Waals surface area contributed by atoms with E-state index < -0.39 is 16.1 Å². The average molecular weight is 508 g/mol. The van der Waals surface area contributed by atoms with Gasteiger partial charge in [0, 0.05) is 39.8 Å². The third-order valence-corrected chi connectivity index (χ3v) is 7.01. The van der Waals surface area contributed by atoms with Crippen LogP contribution in [0.5, 0.6) is 0 Å². The van der Waals surface area contributed by atoms with Gasteiger partial charge in [-0.2, -0.15) is 0 Å². The Hall–Kier alpha value is -2.82. The fraction of sp³-hybridized carbons (Fsp3) is 0.440. The Morgan fingerprint density at radius 3 is 2.29 bits per heavy atom. The van der Waals surface area contributed by atoms with E-state index in [0.717, 1.165) is 5.56 Å². The number of nitrogens with zero attached hydrogens (tertiary/aromatic N) is 1. The van der Waals surface area contributed by atoms with Gasteiger partial charge in [-0.05, 0) is 55.2 Å². The zero-order valence-corrected chi connectivity index (χ0v) is 21.2. The number of amides is 2. The fourth-order valence-corrected chi connectivity index (χ4v) is 4.49. The van der Waals surface area contributed by atoms with Gasteiger partial charge in [-0.15, -0.1) is 0 Å². The second-order valence-corrected chi connectivity index (χ2v) is 9.87. The van der Waals surface area contributed by atoms with E-state index in [0.29, 0.717) is 38.1 Å². The predicted octanol–water partition coefficient (Wildman–Crippen LogP) is 2.63. The molecule has 0 saturated heterocycles. The summed E-state index contributed by atoms with van der Waals surface area (Å²) in [5, 5.41) is 2.82. The summed E-state index contributed by atoms with van der Waals surface area (Å²) in [7, 11) is -1.96. The van der Waals surface area contributed by atoms with Crippen LogP contribution >= 0.6 is 0 Å². The van der Waals surface area contributed by atoms with Crippen LogP contribution in [0, 0.1) is 5.82 Å². The van der Waals surface area contributed by atoms with Crippen molar-refractivity contribution in [3.05, 3.63) is 65.5 Å². The molecule has 8 nitrogen and oxygen atoms in total. The van der Waals surface area contributed by atoms with Crippen molar-refractivity contribution in [2.75, 3.05) is 26.8 Å². The molecule has 0 spiro atoms. The zero-order chi connectivity index (χ0) is 25.8. The average Bonchev–Trinajstić information content (AvgIpc) is 2.84. The standard InChI is InChI=1S/C25H34FN3O5S/c1-4-28-35(32,33)23-13-8-20(9-14-23)10-15-24(30)29(18-21-6-11-22(26)12-7-21)19(2)25(31)27-16-5-17-34-3/h6-9,11-14,19,28H,4-5,10,15-18H2,1-3H3,(H,27,31)/t19-/m0/s1. The molecule has 10 heteroatoms. The van der Waals surface area contributed by atoms with Gasteiger partial charge in [0.05, 0.1) is 4.90 Å². The van der Waals surface area contributed by atoms with Crippen LogP contribution in [0.2, 0.25) is 0 Å². The molecule has 0 radical (unpaired) electrons. The summed E-state index contributed by atoms with van der Waals surface area (Å²) in [4.78, 5) is 27.5. The predicted molar refractivity (Wildman–Crippen MR) is 132 cm³/mol. The summed E-state index contributed by atoms with van der Waals surface area (Å²) in [6, 6.07) is 11.4. The molecule has 0 fully saturated rings. The summed E-state index contributed by atoms with van der Waals surface area (Å²) < 4.78 is 45.0. The summed E-state index contributed by atoms with van der Waals surface area (Å²) in [5.74, 6) is -0.900. The lowest BCUT2D eigenvalue weighted by Crippen LogP contribution is -2.48. The number of rotatable bonds is 14. The van der Waals surface area contributed by atoms with Gasteiger partial charge in [0.2, 0.25) is 21.8 Å². The maximum absolute atomic E-state index is 13.3. The Morgan fingerprint density at radius 1 is 1.06 bits per heavy atom. The third-order valence-electron chi connectivity index (χ3n) is 5.45. The van der Waals surface area contributed by atoms with Gasteiger partial charge in [0.1, 0.15) is 11.9 Å². The molecule has 0 aliphatic heterocycles. The minimum Gasteiger partial charge on any atom is -0.385 e. The van der Waals surface area contributed by atoms with Crippen molar-refractivity contribution in [3.63, 3.8) is 0 Å². The van der Waals surface area contributed by atoms with E-state index >= 15 is 0 Å². The van der Waals surface area contributed by atoms with Gasteiger partial charge < -0.3 is 15.0 Å². The lowest BCUT2D eigenvalue weighted by Gasteiger charge is -2.29. The molecule has 2 aromatic rings. The SMILES string of the molecule is CCNS(=O)(=O)c1ccc(CCC(=O)N(Cc2ccc(F)cc2)[C@@H](C)C(=O)NCCCOC)cc1. The number of sulfonamides is 1. The number of carbonyl (C=O) groups excluding carboxylic acids is 2. The maximum atomic E-state index is 13.3. The van der Waals surface area contributed by atoms with Crippen LogP contribution in [-0.2, 0) is 37.3 Å². The molecule has 35 heavy (non-hydrogen) atoms. The molecular weight excluding hydrogens is 473 g/mol. The molecule has 0 heterocycles. The van der Waals surface area contributed by atoms with Crippen molar-refractivity contribution in [2.24, 2.45) is 0 Å². The molecule has 0 unspecified atom stereocenters. The number of nitrogens with one attached hydrogen (secondary N) is 2. The highest BCUT2D eigenvalue weighted by Gasteiger charge is 2.26. The zero-order valence-electron chi connectivity index (χ0n) is 20.4. The number of hydrogen-bond acceptors (Lipinski definition) is 5. The molecule has 0 aliphatic carbocycles. The smallest absolute Gasteiger partial charge is 0.242 e. The minimum absolute atomic E-state index is 0.127. The first-order chi connectivity index (χ1) is 16.7. The minimum atomic E-state index is -3.55. The van der Waals surface area contributed by atoms with Crippen LogP contribution in [0.1, 0.15) is 37.8 Å². The van der Waals surface area contributed by atoms with Crippen molar-refractivity contribution in [1.82, 2.24) is 14.9 Å². The van der Waals surface area contributed by atoms with Crippen molar-refractivity contribution in [3.8, 4) is 0 Å². The van der Waals surface area contributed by atoms with Crippen LogP contribution < -0.4 is 10.0 Å². The molecule has 2 aromatic carbocycles. The number of methoxy groups -OCH3 is 1. The highest BCUT2D eigenvalue weighted by molar-refractivity contribution is 7.89. The fourth-order valence-electron chi connectivity index (χ4n) is 3.45. The topological polar surface area (TPSA) is 105 Å². The first kappa shape index (κ1) is 28.4. The second kappa shape index (κ2) is 13.9. The molecule has 2 rings (SSSR count). The summed E-state index contributed by atoms with van der Waals surface area (Å²) in [6.07, 6.45) is 1.16. The van der Waals surface area contributed by atoms with Gasteiger partial charge in [-0.1, -0.05) is 31.2 Å². The van der Waals surface area contributed by atoms with E-state index in [1.165, 1.54) is 29.2 Å². The monoisotopic (exact) mass is 507 g/mol. The Kier molecular flexibility index (Phi) is 11.3. The molecule has 2 amide bonds. The molecule has 192 valence electrons. The number of aryl methyl sites for hydroxylation is 1. The van der Waals surface area contributed by atoms with Crippen LogP contribution in [0.3, 0.4) is 0 Å². The van der Waals surface area contributed by atoms with Crippen molar-refractivity contribution in [1.29, 1.82) is 0 Å². The first-order valence-electron chi connectivity index (χ1n) is 11.6. The normalized spacial score (nSPS) is 12.2.